The highest BCUT2D eigenvalue weighted by Crippen LogP contribution is 2.27. The van der Waals surface area contributed by atoms with E-state index in [1.165, 1.54) is 6.42 Å². The predicted molar refractivity (Wildman–Crippen MR) is 75.0 cm³/mol. The smallest absolute Gasteiger partial charge is 0.237 e. The number of piperidine rings is 1. The van der Waals surface area contributed by atoms with E-state index in [0.717, 1.165) is 31.3 Å². The molecule has 106 valence electrons. The molecule has 1 fully saturated rings. The number of likely N-dealkylation sites (tertiary alicyclic amines) is 1. The minimum absolute atomic E-state index is 0.407. The molecule has 0 aromatic rings. The first kappa shape index (κ1) is 15.4. The van der Waals surface area contributed by atoms with Crippen LogP contribution in [-0.2, 0) is 4.79 Å². The molecular formula is C14H29N3O. The van der Waals surface area contributed by atoms with Crippen LogP contribution in [0.4, 0.5) is 0 Å². The molecule has 1 aliphatic rings. The van der Waals surface area contributed by atoms with E-state index in [1.54, 1.807) is 6.92 Å². The Balaban J connectivity index is 2.41. The summed E-state index contributed by atoms with van der Waals surface area (Å²) in [4.78, 5) is 13.7. The Labute approximate surface area is 111 Å². The van der Waals surface area contributed by atoms with Crippen LogP contribution in [-0.4, -0.2) is 35.5 Å². The number of carbonyl (C=O) groups is 1. The molecule has 4 atom stereocenters. The second-order valence-corrected chi connectivity index (χ2v) is 6.44. The molecule has 4 heteroatoms. The van der Waals surface area contributed by atoms with Crippen LogP contribution in [0.25, 0.3) is 0 Å². The summed E-state index contributed by atoms with van der Waals surface area (Å²) in [6.07, 6.45) is 2.90. The standard InChI is InChI=1S/C14H29N3O/c1-10-8-11(2)12(3)17(9-10)7-5-6-14(4,16)13(15)18/h10-12H,5-9,16H2,1-4H3,(H2,15,18). The van der Waals surface area contributed by atoms with Crippen molar-refractivity contribution in [3.63, 3.8) is 0 Å². The first-order valence-electron chi connectivity index (χ1n) is 7.07. The number of hydrogen-bond donors (Lipinski definition) is 2. The van der Waals surface area contributed by atoms with Gasteiger partial charge in [0.05, 0.1) is 5.54 Å². The highest BCUT2D eigenvalue weighted by Gasteiger charge is 2.30. The zero-order valence-corrected chi connectivity index (χ0v) is 12.3. The van der Waals surface area contributed by atoms with Gasteiger partial charge < -0.3 is 16.4 Å². The topological polar surface area (TPSA) is 72.3 Å². The Hall–Kier alpha value is -0.610. The lowest BCUT2D eigenvalue weighted by molar-refractivity contribution is -0.122. The van der Waals surface area contributed by atoms with E-state index in [-0.39, 0.29) is 0 Å². The van der Waals surface area contributed by atoms with Gasteiger partial charge in [-0.25, -0.2) is 0 Å². The monoisotopic (exact) mass is 255 g/mol. The third-order valence-corrected chi connectivity index (χ3v) is 4.42. The maximum absolute atomic E-state index is 11.2. The molecule has 1 heterocycles. The maximum atomic E-state index is 11.2. The number of carbonyl (C=O) groups excluding carboxylic acids is 1. The largest absolute Gasteiger partial charge is 0.368 e. The minimum Gasteiger partial charge on any atom is -0.368 e. The third kappa shape index (κ3) is 3.95. The summed E-state index contributed by atoms with van der Waals surface area (Å²) in [5.74, 6) is 1.10. The number of nitrogens with zero attached hydrogens (tertiary/aromatic N) is 1. The molecular weight excluding hydrogens is 226 g/mol. The molecule has 0 saturated carbocycles. The third-order valence-electron chi connectivity index (χ3n) is 4.42. The van der Waals surface area contributed by atoms with Gasteiger partial charge in [0.25, 0.3) is 0 Å². The fourth-order valence-corrected chi connectivity index (χ4v) is 2.90. The van der Waals surface area contributed by atoms with Gasteiger partial charge in [-0.05, 0) is 51.5 Å². The molecule has 18 heavy (non-hydrogen) atoms. The molecule has 0 spiro atoms. The van der Waals surface area contributed by atoms with Crippen LogP contribution in [0.5, 0.6) is 0 Å². The van der Waals surface area contributed by atoms with Crippen molar-refractivity contribution in [1.29, 1.82) is 0 Å². The van der Waals surface area contributed by atoms with E-state index in [1.807, 2.05) is 0 Å². The summed E-state index contributed by atoms with van der Waals surface area (Å²) in [7, 11) is 0. The van der Waals surface area contributed by atoms with Crippen molar-refractivity contribution in [2.45, 2.75) is 58.5 Å². The molecule has 1 rings (SSSR count). The Morgan fingerprint density at radius 1 is 1.39 bits per heavy atom. The van der Waals surface area contributed by atoms with Crippen molar-refractivity contribution in [3.05, 3.63) is 0 Å². The van der Waals surface area contributed by atoms with Crippen molar-refractivity contribution in [2.75, 3.05) is 13.1 Å². The average molecular weight is 255 g/mol. The lowest BCUT2D eigenvalue weighted by Gasteiger charge is -2.41. The molecule has 0 radical (unpaired) electrons. The second kappa shape index (κ2) is 6.02. The highest BCUT2D eigenvalue weighted by molar-refractivity contribution is 5.83. The van der Waals surface area contributed by atoms with Crippen molar-refractivity contribution >= 4 is 5.91 Å². The lowest BCUT2D eigenvalue weighted by atomic mass is 9.85. The van der Waals surface area contributed by atoms with Gasteiger partial charge in [-0.1, -0.05) is 13.8 Å². The van der Waals surface area contributed by atoms with E-state index in [9.17, 15) is 4.79 Å². The number of rotatable bonds is 5. The second-order valence-electron chi connectivity index (χ2n) is 6.44. The number of nitrogens with two attached hydrogens (primary N) is 2. The van der Waals surface area contributed by atoms with Crippen LogP contribution >= 0.6 is 0 Å². The van der Waals surface area contributed by atoms with Crippen molar-refractivity contribution < 1.29 is 4.79 Å². The van der Waals surface area contributed by atoms with Gasteiger partial charge >= 0.3 is 0 Å². The Bertz CT molecular complexity index is 291. The average Bonchev–Trinajstić information content (AvgIpc) is 2.24. The van der Waals surface area contributed by atoms with Crippen molar-refractivity contribution in [3.8, 4) is 0 Å². The van der Waals surface area contributed by atoms with Gasteiger partial charge in [-0.3, -0.25) is 4.79 Å². The van der Waals surface area contributed by atoms with Crippen LogP contribution in [0.1, 0.15) is 47.0 Å². The molecule has 1 aliphatic heterocycles. The van der Waals surface area contributed by atoms with E-state index in [0.29, 0.717) is 12.5 Å². The van der Waals surface area contributed by atoms with Gasteiger partial charge in [-0.2, -0.15) is 0 Å². The molecule has 4 N–H and O–H groups in total. The first-order chi connectivity index (χ1) is 8.24. The Kier molecular flexibility index (Phi) is 5.17. The molecule has 4 nitrogen and oxygen atoms in total. The Morgan fingerprint density at radius 2 is 2.00 bits per heavy atom. The summed E-state index contributed by atoms with van der Waals surface area (Å²) < 4.78 is 0. The van der Waals surface area contributed by atoms with Crippen molar-refractivity contribution in [1.82, 2.24) is 4.90 Å². The molecule has 0 aromatic heterocycles. The zero-order chi connectivity index (χ0) is 13.9. The van der Waals surface area contributed by atoms with Crippen LogP contribution in [0.2, 0.25) is 0 Å². The quantitative estimate of drug-likeness (QED) is 0.778. The van der Waals surface area contributed by atoms with Crippen LogP contribution in [0.15, 0.2) is 0 Å². The van der Waals surface area contributed by atoms with Gasteiger partial charge in [0.15, 0.2) is 0 Å². The first-order valence-corrected chi connectivity index (χ1v) is 7.07. The minimum atomic E-state index is -0.865. The molecule has 0 bridgehead atoms. The van der Waals surface area contributed by atoms with E-state index in [4.69, 9.17) is 11.5 Å². The van der Waals surface area contributed by atoms with E-state index in [2.05, 4.69) is 25.7 Å². The number of amides is 1. The SMILES string of the molecule is CC1CC(C)C(C)N(CCCC(C)(N)C(N)=O)C1. The van der Waals surface area contributed by atoms with Crippen LogP contribution in [0.3, 0.4) is 0 Å². The maximum Gasteiger partial charge on any atom is 0.237 e. The fraction of sp³-hybridized carbons (Fsp3) is 0.929. The van der Waals surface area contributed by atoms with E-state index >= 15 is 0 Å². The number of hydrogen-bond acceptors (Lipinski definition) is 3. The normalized spacial score (nSPS) is 33.1. The van der Waals surface area contributed by atoms with Crippen LogP contribution in [0, 0.1) is 11.8 Å². The van der Waals surface area contributed by atoms with E-state index < -0.39 is 11.4 Å². The predicted octanol–water partition coefficient (Wildman–Crippen LogP) is 1.34. The summed E-state index contributed by atoms with van der Waals surface area (Å²) in [5, 5.41) is 0. The zero-order valence-electron chi connectivity index (χ0n) is 12.3. The number of primary amides is 1. The molecule has 0 aromatic carbocycles. The summed E-state index contributed by atoms with van der Waals surface area (Å²) in [6.45, 7) is 10.8. The lowest BCUT2D eigenvalue weighted by Crippen LogP contribution is -2.50. The fourth-order valence-electron chi connectivity index (χ4n) is 2.90. The van der Waals surface area contributed by atoms with Gasteiger partial charge in [0.1, 0.15) is 0 Å². The highest BCUT2D eigenvalue weighted by atomic mass is 16.1. The summed E-state index contributed by atoms with van der Waals surface area (Å²) >= 11 is 0. The van der Waals surface area contributed by atoms with Crippen LogP contribution < -0.4 is 11.5 Å². The summed E-state index contributed by atoms with van der Waals surface area (Å²) in [6, 6.07) is 0.624. The van der Waals surface area contributed by atoms with Gasteiger partial charge in [0.2, 0.25) is 5.91 Å². The summed E-state index contributed by atoms with van der Waals surface area (Å²) in [5.41, 5.74) is 10.3. The molecule has 4 unspecified atom stereocenters. The van der Waals surface area contributed by atoms with Gasteiger partial charge in [-0.15, -0.1) is 0 Å². The Morgan fingerprint density at radius 3 is 2.56 bits per heavy atom. The molecule has 1 saturated heterocycles. The molecule has 0 aliphatic carbocycles. The van der Waals surface area contributed by atoms with Gasteiger partial charge in [0, 0.05) is 12.6 Å². The molecule has 1 amide bonds. The van der Waals surface area contributed by atoms with Crippen molar-refractivity contribution in [2.24, 2.45) is 23.3 Å².